The molecule has 1 amide bonds. The predicted octanol–water partition coefficient (Wildman–Crippen LogP) is 5.47. The van der Waals surface area contributed by atoms with Crippen molar-refractivity contribution in [1.29, 1.82) is 5.26 Å². The van der Waals surface area contributed by atoms with Crippen molar-refractivity contribution in [2.45, 2.75) is 58.1 Å². The SMILES string of the molecule is CCC1(NC(=O)OC(C)(C)C)CCN(c2nc(C#N)c3c(-c4cccc(Cl)c4Cl)n[nH]c3n2)CC1. The fourth-order valence-corrected chi connectivity index (χ4v) is 4.63. The summed E-state index contributed by atoms with van der Waals surface area (Å²) in [5, 5.41) is 21.4. The van der Waals surface area contributed by atoms with Crippen molar-refractivity contribution in [2.24, 2.45) is 0 Å². The van der Waals surface area contributed by atoms with Gasteiger partial charge in [-0.05, 0) is 46.1 Å². The highest BCUT2D eigenvalue weighted by Gasteiger charge is 2.36. The number of nitriles is 1. The lowest BCUT2D eigenvalue weighted by Crippen LogP contribution is -2.56. The van der Waals surface area contributed by atoms with Crippen molar-refractivity contribution >= 4 is 46.3 Å². The van der Waals surface area contributed by atoms with Gasteiger partial charge in [-0.2, -0.15) is 15.3 Å². The molecule has 2 N–H and O–H groups in total. The molecule has 1 aliphatic heterocycles. The quantitative estimate of drug-likeness (QED) is 0.472. The number of benzene rings is 1. The molecule has 1 aliphatic rings. The molecule has 2 aromatic heterocycles. The van der Waals surface area contributed by atoms with E-state index < -0.39 is 11.7 Å². The van der Waals surface area contributed by atoms with E-state index in [1.54, 1.807) is 18.2 Å². The molecule has 1 fully saturated rings. The van der Waals surface area contributed by atoms with Crippen LogP contribution in [0.3, 0.4) is 0 Å². The van der Waals surface area contributed by atoms with Gasteiger partial charge >= 0.3 is 6.09 Å². The molecule has 3 heterocycles. The molecule has 0 saturated carbocycles. The van der Waals surface area contributed by atoms with Gasteiger partial charge in [0.2, 0.25) is 5.95 Å². The predicted molar refractivity (Wildman–Crippen MR) is 136 cm³/mol. The maximum Gasteiger partial charge on any atom is 0.408 e. The van der Waals surface area contributed by atoms with E-state index in [1.165, 1.54) is 0 Å². The summed E-state index contributed by atoms with van der Waals surface area (Å²) in [6.45, 7) is 8.80. The number of rotatable bonds is 4. The lowest BCUT2D eigenvalue weighted by atomic mass is 9.85. The second kappa shape index (κ2) is 9.51. The van der Waals surface area contributed by atoms with Gasteiger partial charge in [0.15, 0.2) is 11.3 Å². The molecule has 0 unspecified atom stereocenters. The third-order valence-corrected chi connectivity index (χ3v) is 6.99. The highest BCUT2D eigenvalue weighted by molar-refractivity contribution is 6.43. The Morgan fingerprint density at radius 1 is 1.29 bits per heavy atom. The summed E-state index contributed by atoms with van der Waals surface area (Å²) in [4.78, 5) is 23.6. The summed E-state index contributed by atoms with van der Waals surface area (Å²) in [6, 6.07) is 7.41. The van der Waals surface area contributed by atoms with Gasteiger partial charge in [0.25, 0.3) is 0 Å². The molecule has 1 aromatic carbocycles. The second-order valence-corrected chi connectivity index (χ2v) is 10.4. The molecule has 0 aliphatic carbocycles. The summed E-state index contributed by atoms with van der Waals surface area (Å²) in [5.41, 5.74) is 0.777. The number of nitrogens with zero attached hydrogens (tertiary/aromatic N) is 5. The van der Waals surface area contributed by atoms with E-state index >= 15 is 0 Å². The van der Waals surface area contributed by atoms with E-state index in [0.717, 1.165) is 6.42 Å². The lowest BCUT2D eigenvalue weighted by Gasteiger charge is -2.42. The first kappa shape index (κ1) is 25.0. The molecule has 0 radical (unpaired) electrons. The van der Waals surface area contributed by atoms with Crippen LogP contribution in [0.15, 0.2) is 18.2 Å². The number of carbonyl (C=O) groups is 1. The summed E-state index contributed by atoms with van der Waals surface area (Å²) >= 11 is 12.6. The molecule has 4 rings (SSSR count). The maximum absolute atomic E-state index is 12.4. The third-order valence-electron chi connectivity index (χ3n) is 6.17. The first-order valence-corrected chi connectivity index (χ1v) is 12.2. The zero-order chi connectivity index (χ0) is 25.4. The van der Waals surface area contributed by atoms with Gasteiger partial charge in [-0.15, -0.1) is 0 Å². The number of aromatic amines is 1. The minimum atomic E-state index is -0.561. The Bertz CT molecular complexity index is 1300. The van der Waals surface area contributed by atoms with Crippen LogP contribution >= 0.6 is 23.2 Å². The molecule has 11 heteroatoms. The molecule has 184 valence electrons. The Kier molecular flexibility index (Phi) is 6.80. The molecule has 0 bridgehead atoms. The number of hydrogen-bond donors (Lipinski definition) is 2. The van der Waals surface area contributed by atoms with Gasteiger partial charge in [-0.25, -0.2) is 9.78 Å². The standard InChI is InChI=1S/C24H27Cl2N7O2/c1-5-24(30-22(34)35-23(2,3)4)9-11-33(12-10-24)21-28-16(13-27)17-19(31-32-20(17)29-21)14-7-6-8-15(25)18(14)26/h6-8H,5,9-12H2,1-4H3,(H,30,34)(H,28,29,31,32). The van der Waals surface area contributed by atoms with Crippen molar-refractivity contribution in [1.82, 2.24) is 25.5 Å². The average Bonchev–Trinajstić information content (AvgIpc) is 3.23. The normalized spacial score (nSPS) is 15.6. The van der Waals surface area contributed by atoms with Crippen LogP contribution in [0.1, 0.15) is 52.7 Å². The van der Waals surface area contributed by atoms with Crippen LogP contribution in [0.2, 0.25) is 10.0 Å². The van der Waals surface area contributed by atoms with Crippen LogP contribution in [0.5, 0.6) is 0 Å². The van der Waals surface area contributed by atoms with Crippen LogP contribution in [0, 0.1) is 11.3 Å². The number of carbonyl (C=O) groups excluding carboxylic acids is 1. The van der Waals surface area contributed by atoms with Crippen molar-refractivity contribution < 1.29 is 9.53 Å². The second-order valence-electron chi connectivity index (χ2n) is 9.63. The number of hydrogen-bond acceptors (Lipinski definition) is 7. The number of aromatic nitrogens is 4. The Labute approximate surface area is 213 Å². The number of nitrogens with one attached hydrogen (secondary N) is 2. The largest absolute Gasteiger partial charge is 0.444 e. The van der Waals surface area contributed by atoms with E-state index in [1.807, 2.05) is 25.7 Å². The topological polar surface area (TPSA) is 120 Å². The molecule has 0 spiro atoms. The zero-order valence-electron chi connectivity index (χ0n) is 20.1. The summed E-state index contributed by atoms with van der Waals surface area (Å²) < 4.78 is 5.46. The van der Waals surface area contributed by atoms with Gasteiger partial charge in [0.1, 0.15) is 17.4 Å². The van der Waals surface area contributed by atoms with Gasteiger partial charge in [0, 0.05) is 24.2 Å². The fourth-order valence-electron chi connectivity index (χ4n) is 4.24. The number of anilines is 1. The van der Waals surface area contributed by atoms with Crippen LogP contribution in [-0.4, -0.2) is 50.5 Å². The number of ether oxygens (including phenoxy) is 1. The van der Waals surface area contributed by atoms with Gasteiger partial charge in [-0.1, -0.05) is 42.3 Å². The molecule has 35 heavy (non-hydrogen) atoms. The van der Waals surface area contributed by atoms with Gasteiger partial charge < -0.3 is 15.0 Å². The monoisotopic (exact) mass is 515 g/mol. The lowest BCUT2D eigenvalue weighted by molar-refractivity contribution is 0.0431. The van der Waals surface area contributed by atoms with E-state index in [0.29, 0.717) is 64.2 Å². The number of halogens is 2. The Morgan fingerprint density at radius 3 is 2.63 bits per heavy atom. The number of amides is 1. The molecule has 3 aromatic rings. The minimum Gasteiger partial charge on any atom is -0.444 e. The Hall–Kier alpha value is -3.09. The van der Waals surface area contributed by atoms with Crippen LogP contribution in [0.25, 0.3) is 22.3 Å². The van der Waals surface area contributed by atoms with E-state index in [4.69, 9.17) is 27.9 Å². The van der Waals surface area contributed by atoms with E-state index in [2.05, 4.69) is 38.5 Å². The van der Waals surface area contributed by atoms with Crippen LogP contribution in [0.4, 0.5) is 10.7 Å². The maximum atomic E-state index is 12.4. The van der Waals surface area contributed by atoms with Crippen molar-refractivity contribution in [3.05, 3.63) is 33.9 Å². The Morgan fingerprint density at radius 2 is 2.00 bits per heavy atom. The van der Waals surface area contributed by atoms with E-state index in [-0.39, 0.29) is 11.2 Å². The number of fused-ring (bicyclic) bond motifs is 1. The summed E-state index contributed by atoms with van der Waals surface area (Å²) in [6.07, 6.45) is 1.74. The molecule has 1 saturated heterocycles. The molecule has 9 nitrogen and oxygen atoms in total. The van der Waals surface area contributed by atoms with Crippen LogP contribution in [-0.2, 0) is 4.74 Å². The summed E-state index contributed by atoms with van der Waals surface area (Å²) in [7, 11) is 0. The smallest absolute Gasteiger partial charge is 0.408 e. The van der Waals surface area contributed by atoms with Crippen molar-refractivity contribution in [3.8, 4) is 17.3 Å². The molecular formula is C24H27Cl2N7O2. The zero-order valence-corrected chi connectivity index (χ0v) is 21.6. The van der Waals surface area contributed by atoms with Crippen LogP contribution < -0.4 is 10.2 Å². The molecular weight excluding hydrogens is 489 g/mol. The highest BCUT2D eigenvalue weighted by Crippen LogP contribution is 2.37. The number of alkyl carbamates (subject to hydrolysis) is 1. The van der Waals surface area contributed by atoms with Crippen molar-refractivity contribution in [2.75, 3.05) is 18.0 Å². The van der Waals surface area contributed by atoms with E-state index in [9.17, 15) is 10.1 Å². The highest BCUT2D eigenvalue weighted by atomic mass is 35.5. The first-order chi connectivity index (χ1) is 16.6. The van der Waals surface area contributed by atoms with Gasteiger partial charge in [-0.3, -0.25) is 5.10 Å². The van der Waals surface area contributed by atoms with Crippen molar-refractivity contribution in [3.63, 3.8) is 0 Å². The third kappa shape index (κ3) is 5.14. The Balaban J connectivity index is 1.59. The first-order valence-electron chi connectivity index (χ1n) is 11.4. The number of piperidine rings is 1. The average molecular weight is 516 g/mol. The van der Waals surface area contributed by atoms with Gasteiger partial charge in [0.05, 0.1) is 15.4 Å². The minimum absolute atomic E-state index is 0.198. The fraction of sp³-hybridized carbons (Fsp3) is 0.458. The summed E-state index contributed by atoms with van der Waals surface area (Å²) in [5.74, 6) is 0.434. The molecule has 0 atom stereocenters. The number of H-pyrrole nitrogens is 1.